The lowest BCUT2D eigenvalue weighted by molar-refractivity contribution is -0.140. The number of methoxy groups -OCH3 is 1. The van der Waals surface area contributed by atoms with Crippen LogP contribution < -0.4 is 5.73 Å². The maximum Gasteiger partial charge on any atom is 0.305 e. The second-order valence-electron chi connectivity index (χ2n) is 7.05. The minimum atomic E-state index is -0.576. The van der Waals surface area contributed by atoms with Crippen molar-refractivity contribution >= 4 is 11.8 Å². The first-order valence-electron chi connectivity index (χ1n) is 9.83. The molecule has 2 N–H and O–H groups in total. The van der Waals surface area contributed by atoms with Gasteiger partial charge in [-0.1, -0.05) is 64.0 Å². The van der Waals surface area contributed by atoms with Crippen molar-refractivity contribution in [2.45, 2.75) is 89.5 Å². The van der Waals surface area contributed by atoms with Gasteiger partial charge in [-0.25, -0.2) is 0 Å². The van der Waals surface area contributed by atoms with Gasteiger partial charge in [0.25, 0.3) is 0 Å². The lowest BCUT2D eigenvalue weighted by Gasteiger charge is -2.24. The van der Waals surface area contributed by atoms with Gasteiger partial charge in [0.05, 0.1) is 12.6 Å². The Morgan fingerprint density at radius 2 is 1.80 bits per heavy atom. The molecule has 0 heterocycles. The quantitative estimate of drug-likeness (QED) is 0.299. The number of ketones is 1. The van der Waals surface area contributed by atoms with Crippen LogP contribution in [0.1, 0.15) is 84.0 Å². The van der Waals surface area contributed by atoms with Crippen LogP contribution in [0.25, 0.3) is 0 Å². The average Bonchev–Trinajstić information content (AvgIpc) is 2.89. The molecule has 0 amide bonds. The van der Waals surface area contributed by atoms with Gasteiger partial charge in [-0.05, 0) is 31.8 Å². The Hall–Kier alpha value is -1.42. The summed E-state index contributed by atoms with van der Waals surface area (Å²) in [6, 6.07) is 0. The predicted octanol–water partition coefficient (Wildman–Crippen LogP) is 4.62. The lowest BCUT2D eigenvalue weighted by Crippen LogP contribution is -2.38. The second-order valence-corrected chi connectivity index (χ2v) is 7.05. The van der Waals surface area contributed by atoms with E-state index >= 15 is 0 Å². The topological polar surface area (TPSA) is 69.4 Å². The molecule has 0 radical (unpaired) electrons. The maximum atomic E-state index is 12.1. The van der Waals surface area contributed by atoms with Crippen LogP contribution in [0, 0.1) is 0 Å². The van der Waals surface area contributed by atoms with Crippen LogP contribution in [0.15, 0.2) is 23.8 Å². The van der Waals surface area contributed by atoms with Gasteiger partial charge < -0.3 is 10.5 Å². The van der Waals surface area contributed by atoms with Gasteiger partial charge in [-0.15, -0.1) is 0 Å². The van der Waals surface area contributed by atoms with Crippen molar-refractivity contribution in [3.63, 3.8) is 0 Å². The first-order chi connectivity index (χ1) is 12.0. The Morgan fingerprint density at radius 1 is 1.12 bits per heavy atom. The van der Waals surface area contributed by atoms with E-state index in [0.29, 0.717) is 6.42 Å². The van der Waals surface area contributed by atoms with Gasteiger partial charge in [0.2, 0.25) is 0 Å². The Labute approximate surface area is 152 Å². The average molecular weight is 350 g/mol. The molecule has 4 heteroatoms. The summed E-state index contributed by atoms with van der Waals surface area (Å²) in [6.45, 7) is 2.22. The largest absolute Gasteiger partial charge is 0.469 e. The van der Waals surface area contributed by atoms with Gasteiger partial charge in [-0.2, -0.15) is 0 Å². The highest BCUT2D eigenvalue weighted by Crippen LogP contribution is 2.30. The third kappa shape index (κ3) is 8.00. The molecule has 0 saturated heterocycles. The first kappa shape index (κ1) is 21.6. The fraction of sp³-hybridized carbons (Fsp3) is 0.714. The molecule has 1 aliphatic carbocycles. The van der Waals surface area contributed by atoms with E-state index in [0.717, 1.165) is 44.1 Å². The number of ether oxygens (including phenoxy) is 1. The Kier molecular flexibility index (Phi) is 10.4. The van der Waals surface area contributed by atoms with E-state index < -0.39 is 5.54 Å². The molecule has 0 fully saturated rings. The van der Waals surface area contributed by atoms with E-state index in [1.807, 2.05) is 12.2 Å². The smallest absolute Gasteiger partial charge is 0.305 e. The third-order valence-electron chi connectivity index (χ3n) is 4.90. The van der Waals surface area contributed by atoms with Gasteiger partial charge in [0, 0.05) is 12.0 Å². The zero-order valence-corrected chi connectivity index (χ0v) is 16.0. The molecule has 1 aliphatic rings. The van der Waals surface area contributed by atoms with Crippen LogP contribution in [0.4, 0.5) is 0 Å². The lowest BCUT2D eigenvalue weighted by atomic mass is 9.87. The molecule has 0 unspecified atom stereocenters. The van der Waals surface area contributed by atoms with Gasteiger partial charge in [0.15, 0.2) is 5.78 Å². The highest BCUT2D eigenvalue weighted by molar-refractivity contribution is 6.09. The van der Waals surface area contributed by atoms with Gasteiger partial charge >= 0.3 is 5.97 Å². The minimum absolute atomic E-state index is 0.0584. The van der Waals surface area contributed by atoms with Crippen molar-refractivity contribution in [3.8, 4) is 0 Å². The van der Waals surface area contributed by atoms with E-state index in [-0.39, 0.29) is 11.8 Å². The zero-order valence-electron chi connectivity index (χ0n) is 16.0. The molecule has 0 aromatic rings. The number of carbonyl (C=O) groups is 2. The molecular formula is C21H35NO3. The summed E-state index contributed by atoms with van der Waals surface area (Å²) in [5.74, 6) is -0.100. The molecule has 0 aromatic heterocycles. The minimum Gasteiger partial charge on any atom is -0.469 e. The number of rotatable bonds is 13. The van der Waals surface area contributed by atoms with Crippen molar-refractivity contribution in [3.05, 3.63) is 23.8 Å². The number of nitrogens with two attached hydrogens (primary N) is 1. The Morgan fingerprint density at radius 3 is 2.52 bits per heavy atom. The maximum absolute atomic E-state index is 12.1. The van der Waals surface area contributed by atoms with Crippen LogP contribution in [0.2, 0.25) is 0 Å². The summed E-state index contributed by atoms with van der Waals surface area (Å²) in [5, 5.41) is 0. The molecule has 0 spiro atoms. The molecule has 1 atom stereocenters. The molecule has 4 nitrogen and oxygen atoms in total. The zero-order chi connectivity index (χ0) is 18.5. The predicted molar refractivity (Wildman–Crippen MR) is 102 cm³/mol. The van der Waals surface area contributed by atoms with Crippen LogP contribution in [0.5, 0.6) is 0 Å². The van der Waals surface area contributed by atoms with Crippen LogP contribution >= 0.6 is 0 Å². The fourth-order valence-corrected chi connectivity index (χ4v) is 3.28. The summed E-state index contributed by atoms with van der Waals surface area (Å²) in [7, 11) is 1.41. The fourth-order valence-electron chi connectivity index (χ4n) is 3.28. The van der Waals surface area contributed by atoms with Crippen molar-refractivity contribution < 1.29 is 14.3 Å². The summed E-state index contributed by atoms with van der Waals surface area (Å²) in [6.07, 6.45) is 17.7. The van der Waals surface area contributed by atoms with Gasteiger partial charge in [0.1, 0.15) is 0 Å². The number of allylic oxidation sites excluding steroid dienone is 2. The van der Waals surface area contributed by atoms with Crippen molar-refractivity contribution in [1.82, 2.24) is 0 Å². The summed E-state index contributed by atoms with van der Waals surface area (Å²) < 4.78 is 4.63. The van der Waals surface area contributed by atoms with Crippen LogP contribution in [0.3, 0.4) is 0 Å². The normalized spacial score (nSPS) is 21.2. The van der Waals surface area contributed by atoms with E-state index in [1.54, 1.807) is 6.08 Å². The van der Waals surface area contributed by atoms with Crippen molar-refractivity contribution in [2.75, 3.05) is 7.11 Å². The van der Waals surface area contributed by atoms with E-state index in [1.165, 1.54) is 39.2 Å². The van der Waals surface area contributed by atoms with Gasteiger partial charge in [-0.3, -0.25) is 9.59 Å². The third-order valence-corrected chi connectivity index (χ3v) is 4.90. The number of esters is 1. The Bertz CT molecular complexity index is 482. The highest BCUT2D eigenvalue weighted by Gasteiger charge is 2.34. The standard InChI is InChI=1S/C21H35NO3/c1-3-4-5-6-9-12-16-21(22)17-15-19(23)18(21)13-10-7-8-11-14-20(24)25-2/h13,15,17H,3-12,14,16,22H2,1-2H3/b18-13+/t21-/m1/s1. The number of hydrogen-bond acceptors (Lipinski definition) is 4. The molecule has 0 saturated carbocycles. The SMILES string of the molecule is CCCCCCCC[C@@]1(N)C=CC(=O)/C1=C\CCCCCC(=O)OC. The number of hydrogen-bond donors (Lipinski definition) is 1. The highest BCUT2D eigenvalue weighted by atomic mass is 16.5. The summed E-state index contributed by atoms with van der Waals surface area (Å²) in [5.41, 5.74) is 6.68. The molecule has 142 valence electrons. The Balaban J connectivity index is 2.34. The summed E-state index contributed by atoms with van der Waals surface area (Å²) in [4.78, 5) is 23.2. The molecular weight excluding hydrogens is 314 g/mol. The van der Waals surface area contributed by atoms with E-state index in [2.05, 4.69) is 11.7 Å². The second kappa shape index (κ2) is 12.0. The van der Waals surface area contributed by atoms with Crippen molar-refractivity contribution in [2.24, 2.45) is 5.73 Å². The molecule has 0 bridgehead atoms. The summed E-state index contributed by atoms with van der Waals surface area (Å²) >= 11 is 0. The van der Waals surface area contributed by atoms with Crippen LogP contribution in [-0.4, -0.2) is 24.4 Å². The molecule has 1 rings (SSSR count). The van der Waals surface area contributed by atoms with E-state index in [9.17, 15) is 9.59 Å². The molecule has 0 aromatic carbocycles. The first-order valence-corrected chi connectivity index (χ1v) is 9.83. The molecule has 0 aliphatic heterocycles. The number of unbranched alkanes of at least 4 members (excludes halogenated alkanes) is 8. The van der Waals surface area contributed by atoms with E-state index in [4.69, 9.17) is 5.73 Å². The van der Waals surface area contributed by atoms with Crippen molar-refractivity contribution in [1.29, 1.82) is 0 Å². The monoisotopic (exact) mass is 349 g/mol. The number of carbonyl (C=O) groups excluding carboxylic acids is 2. The van der Waals surface area contributed by atoms with Crippen LogP contribution in [-0.2, 0) is 14.3 Å². The molecule has 25 heavy (non-hydrogen) atoms.